The quantitative estimate of drug-likeness (QED) is 0.657. The number of rotatable bonds is 3. The Morgan fingerprint density at radius 3 is 2.11 bits per heavy atom. The van der Waals surface area contributed by atoms with E-state index in [1.165, 1.54) is 51.4 Å². The van der Waals surface area contributed by atoms with Gasteiger partial charge >= 0.3 is 0 Å². The minimum atomic E-state index is 0.460. The van der Waals surface area contributed by atoms with E-state index in [-0.39, 0.29) is 0 Å². The van der Waals surface area contributed by atoms with E-state index in [2.05, 4.69) is 59.3 Å². The molecule has 0 heterocycles. The summed E-state index contributed by atoms with van der Waals surface area (Å²) in [6.45, 7) is 13.1. The Bertz CT molecular complexity index is 657. The fraction of sp³-hybridized carbons (Fsp3) is 1.00. The van der Waals surface area contributed by atoms with Crippen LogP contribution < -0.4 is 10.6 Å². The summed E-state index contributed by atoms with van der Waals surface area (Å²) in [5, 5.41) is 7.33. The SMILES string of the molecule is CN[C@H]1CC[C@@]23C[C@@]24CC[C@]2(C)[C@@H]([C@@H](C)NC)CC[C@@]2(C)[C@H]4CC[C@@H]3C1(C)C. The van der Waals surface area contributed by atoms with Crippen LogP contribution in [0.1, 0.15) is 92.4 Å². The van der Waals surface area contributed by atoms with Crippen molar-refractivity contribution in [2.45, 2.75) is 104 Å². The van der Waals surface area contributed by atoms with E-state index in [1.807, 2.05) is 0 Å². The molecule has 2 heteroatoms. The van der Waals surface area contributed by atoms with Gasteiger partial charge in [0.25, 0.3) is 0 Å². The fourth-order valence-electron chi connectivity index (χ4n) is 10.9. The van der Waals surface area contributed by atoms with Gasteiger partial charge in [-0.25, -0.2) is 0 Å². The summed E-state index contributed by atoms with van der Waals surface area (Å²) in [6.07, 6.45) is 13.4. The molecule has 5 aliphatic carbocycles. The van der Waals surface area contributed by atoms with Crippen molar-refractivity contribution in [3.05, 3.63) is 0 Å². The van der Waals surface area contributed by atoms with Crippen LogP contribution in [0.5, 0.6) is 0 Å². The van der Waals surface area contributed by atoms with Gasteiger partial charge in [0, 0.05) is 12.1 Å². The topological polar surface area (TPSA) is 24.1 Å². The Morgan fingerprint density at radius 2 is 1.43 bits per heavy atom. The molecule has 2 nitrogen and oxygen atoms in total. The smallest absolute Gasteiger partial charge is 0.0118 e. The third-order valence-corrected chi connectivity index (χ3v) is 12.6. The number of hydrogen-bond donors (Lipinski definition) is 2. The van der Waals surface area contributed by atoms with Crippen LogP contribution in [0, 0.1) is 44.8 Å². The molecule has 5 fully saturated rings. The van der Waals surface area contributed by atoms with Crippen LogP contribution in [0.25, 0.3) is 0 Å². The summed E-state index contributed by atoms with van der Waals surface area (Å²) in [5.41, 5.74) is 2.98. The minimum absolute atomic E-state index is 0.460. The highest BCUT2D eigenvalue weighted by Crippen LogP contribution is 2.88. The molecule has 0 radical (unpaired) electrons. The molecular formula is C26H46N2. The Hall–Kier alpha value is -0.0800. The molecule has 0 aliphatic heterocycles. The second-order valence-electron chi connectivity index (χ2n) is 12.9. The summed E-state index contributed by atoms with van der Waals surface area (Å²) >= 11 is 0. The van der Waals surface area contributed by atoms with Gasteiger partial charge in [0.2, 0.25) is 0 Å². The van der Waals surface area contributed by atoms with Gasteiger partial charge in [-0.05, 0) is 124 Å². The van der Waals surface area contributed by atoms with E-state index in [0.717, 1.165) is 17.8 Å². The van der Waals surface area contributed by atoms with E-state index >= 15 is 0 Å². The van der Waals surface area contributed by atoms with E-state index in [9.17, 15) is 0 Å². The molecule has 0 amide bonds. The van der Waals surface area contributed by atoms with Crippen LogP contribution in [0.2, 0.25) is 0 Å². The monoisotopic (exact) mass is 386 g/mol. The van der Waals surface area contributed by atoms with Crippen LogP contribution >= 0.6 is 0 Å². The zero-order valence-corrected chi connectivity index (χ0v) is 19.8. The van der Waals surface area contributed by atoms with Crippen molar-refractivity contribution < 1.29 is 0 Å². The molecule has 28 heavy (non-hydrogen) atoms. The van der Waals surface area contributed by atoms with Crippen molar-refractivity contribution in [3.63, 3.8) is 0 Å². The first-order valence-corrected chi connectivity index (χ1v) is 12.5. The molecule has 9 atom stereocenters. The van der Waals surface area contributed by atoms with Gasteiger partial charge in [-0.2, -0.15) is 0 Å². The van der Waals surface area contributed by atoms with Gasteiger partial charge in [0.1, 0.15) is 0 Å². The Balaban J connectivity index is 1.50. The van der Waals surface area contributed by atoms with Gasteiger partial charge in [-0.15, -0.1) is 0 Å². The van der Waals surface area contributed by atoms with Gasteiger partial charge in [-0.3, -0.25) is 0 Å². The lowest BCUT2D eigenvalue weighted by Gasteiger charge is -2.63. The first kappa shape index (κ1) is 19.9. The van der Waals surface area contributed by atoms with E-state index in [4.69, 9.17) is 0 Å². The Labute approximate surface area is 174 Å². The van der Waals surface area contributed by atoms with Gasteiger partial charge in [-0.1, -0.05) is 27.7 Å². The number of hydrogen-bond acceptors (Lipinski definition) is 2. The maximum atomic E-state index is 3.70. The molecule has 0 aromatic heterocycles. The largest absolute Gasteiger partial charge is 0.317 e. The zero-order valence-electron chi connectivity index (χ0n) is 19.8. The second-order valence-corrected chi connectivity index (χ2v) is 12.9. The molecule has 0 bridgehead atoms. The van der Waals surface area contributed by atoms with E-state index < -0.39 is 0 Å². The highest BCUT2D eigenvalue weighted by atomic mass is 14.9. The first-order valence-electron chi connectivity index (χ1n) is 12.5. The Morgan fingerprint density at radius 1 is 0.750 bits per heavy atom. The van der Waals surface area contributed by atoms with Crippen molar-refractivity contribution in [3.8, 4) is 0 Å². The van der Waals surface area contributed by atoms with Gasteiger partial charge in [0.05, 0.1) is 0 Å². The average Bonchev–Trinajstić information content (AvgIpc) is 3.24. The zero-order chi connectivity index (χ0) is 20.2. The van der Waals surface area contributed by atoms with Gasteiger partial charge in [0.15, 0.2) is 0 Å². The van der Waals surface area contributed by atoms with Crippen molar-refractivity contribution in [1.29, 1.82) is 0 Å². The predicted molar refractivity (Wildman–Crippen MR) is 118 cm³/mol. The van der Waals surface area contributed by atoms with Crippen molar-refractivity contribution >= 4 is 0 Å². The van der Waals surface area contributed by atoms with Gasteiger partial charge < -0.3 is 10.6 Å². The lowest BCUT2D eigenvalue weighted by molar-refractivity contribution is -0.143. The number of nitrogens with one attached hydrogen (secondary N) is 2. The third kappa shape index (κ3) is 1.99. The van der Waals surface area contributed by atoms with Crippen LogP contribution in [0.4, 0.5) is 0 Å². The molecule has 0 saturated heterocycles. The molecule has 2 N–H and O–H groups in total. The molecular weight excluding hydrogens is 340 g/mol. The van der Waals surface area contributed by atoms with Crippen LogP contribution in [0.15, 0.2) is 0 Å². The summed E-state index contributed by atoms with van der Waals surface area (Å²) < 4.78 is 0. The standard InChI is InChI=1S/C26H46N2/c1-17(27-6)18-10-12-24(5)20-9-8-19-22(2,3)21(28-7)11-13-25(19)16-26(20,25)15-14-23(18,24)4/h17-21,27-28H,8-16H2,1-7H3/t17-,18-,19-,20-,21+,23-,24+,25+,26-/m1/s1. The summed E-state index contributed by atoms with van der Waals surface area (Å²) in [4.78, 5) is 0. The minimum Gasteiger partial charge on any atom is -0.317 e. The average molecular weight is 387 g/mol. The predicted octanol–water partition coefficient (Wildman–Crippen LogP) is 5.62. The summed E-state index contributed by atoms with van der Waals surface area (Å²) in [5.74, 6) is 2.80. The molecule has 0 aromatic carbocycles. The Kier molecular flexibility index (Phi) is 4.10. The number of fused-ring (bicyclic) bond motifs is 2. The molecule has 5 rings (SSSR count). The molecule has 160 valence electrons. The lowest BCUT2D eigenvalue weighted by atomic mass is 9.42. The highest BCUT2D eigenvalue weighted by molar-refractivity contribution is 5.31. The van der Waals surface area contributed by atoms with E-state index in [1.54, 1.807) is 6.42 Å². The lowest BCUT2D eigenvalue weighted by Crippen LogP contribution is -2.59. The van der Waals surface area contributed by atoms with Crippen LogP contribution in [-0.2, 0) is 0 Å². The second kappa shape index (κ2) is 5.78. The summed E-state index contributed by atoms with van der Waals surface area (Å²) in [6, 6.07) is 1.38. The maximum Gasteiger partial charge on any atom is 0.0118 e. The third-order valence-electron chi connectivity index (χ3n) is 12.6. The summed E-state index contributed by atoms with van der Waals surface area (Å²) in [7, 11) is 4.38. The van der Waals surface area contributed by atoms with Crippen molar-refractivity contribution in [1.82, 2.24) is 10.6 Å². The van der Waals surface area contributed by atoms with Crippen molar-refractivity contribution in [2.24, 2.45) is 44.8 Å². The maximum absolute atomic E-state index is 3.70. The molecule has 0 aromatic rings. The molecule has 2 spiro atoms. The van der Waals surface area contributed by atoms with E-state index in [0.29, 0.717) is 39.2 Å². The molecule has 0 unspecified atom stereocenters. The van der Waals surface area contributed by atoms with Crippen molar-refractivity contribution in [2.75, 3.05) is 14.1 Å². The van der Waals surface area contributed by atoms with Crippen LogP contribution in [0.3, 0.4) is 0 Å². The first-order chi connectivity index (χ1) is 13.1. The normalized spacial score (nSPS) is 57.5. The molecule has 5 saturated carbocycles. The fourth-order valence-corrected chi connectivity index (χ4v) is 10.9. The van der Waals surface area contributed by atoms with Crippen LogP contribution in [-0.4, -0.2) is 26.2 Å². The molecule has 5 aliphatic rings. The highest BCUT2D eigenvalue weighted by Gasteiger charge is 2.82.